The molecule has 0 radical (unpaired) electrons. The van der Waals surface area contributed by atoms with E-state index >= 15 is 0 Å². The van der Waals surface area contributed by atoms with Gasteiger partial charge >= 0.3 is 6.18 Å². The van der Waals surface area contributed by atoms with Crippen LogP contribution in [0.2, 0.25) is 0 Å². The minimum absolute atomic E-state index is 0.0922. The number of pyridine rings is 1. The van der Waals surface area contributed by atoms with E-state index in [1.807, 2.05) is 0 Å². The van der Waals surface area contributed by atoms with Gasteiger partial charge < -0.3 is 18.6 Å². The van der Waals surface area contributed by atoms with Gasteiger partial charge in [0.15, 0.2) is 0 Å². The van der Waals surface area contributed by atoms with Crippen LogP contribution in [0.1, 0.15) is 27.3 Å². The highest BCUT2D eigenvalue weighted by molar-refractivity contribution is 5.94. The molecule has 4 aromatic rings. The van der Waals surface area contributed by atoms with Gasteiger partial charge in [0, 0.05) is 44.5 Å². The highest BCUT2D eigenvalue weighted by Crippen LogP contribution is 2.36. The molecule has 0 atom stereocenters. The number of imidazole rings is 1. The summed E-state index contributed by atoms with van der Waals surface area (Å²) in [6.45, 7) is 2.05. The Morgan fingerprint density at radius 2 is 1.82 bits per heavy atom. The molecule has 5 rings (SSSR count). The molecular formula is C23H19F4N5O2. The number of halogens is 4. The van der Waals surface area contributed by atoms with Gasteiger partial charge in [0.2, 0.25) is 0 Å². The molecule has 1 aliphatic rings. The molecule has 0 aliphatic carbocycles. The van der Waals surface area contributed by atoms with Gasteiger partial charge in [-0.1, -0.05) is 0 Å². The molecule has 0 spiro atoms. The number of hydrogen-bond donors (Lipinski definition) is 0. The van der Waals surface area contributed by atoms with Gasteiger partial charge in [0.1, 0.15) is 17.2 Å². The minimum Gasteiger partial charge on any atom is -0.350 e. The van der Waals surface area contributed by atoms with E-state index in [4.69, 9.17) is 0 Å². The number of aromatic nitrogens is 4. The zero-order chi connectivity index (χ0) is 24.4. The van der Waals surface area contributed by atoms with E-state index in [0.717, 1.165) is 11.8 Å². The van der Waals surface area contributed by atoms with Crippen LogP contribution in [0.3, 0.4) is 0 Å². The lowest BCUT2D eigenvalue weighted by molar-refractivity contribution is -0.139. The topological polar surface area (TPSA) is 65.1 Å². The first-order valence-electron chi connectivity index (χ1n) is 10.4. The Hall–Kier alpha value is -3.89. The molecule has 0 saturated heterocycles. The van der Waals surface area contributed by atoms with E-state index < -0.39 is 23.5 Å². The molecule has 1 amide bonds. The lowest BCUT2D eigenvalue weighted by Gasteiger charge is -2.29. The largest absolute Gasteiger partial charge is 0.419 e. The summed E-state index contributed by atoms with van der Waals surface area (Å²) in [7, 11) is 1.60. The molecule has 0 fully saturated rings. The van der Waals surface area contributed by atoms with Gasteiger partial charge in [0.25, 0.3) is 11.5 Å². The summed E-state index contributed by atoms with van der Waals surface area (Å²) in [6, 6.07) is 5.00. The maximum absolute atomic E-state index is 14.9. The Morgan fingerprint density at radius 3 is 2.50 bits per heavy atom. The third-order valence-electron chi connectivity index (χ3n) is 6.08. The third-order valence-corrected chi connectivity index (χ3v) is 6.08. The monoisotopic (exact) mass is 473 g/mol. The molecule has 1 aliphatic heterocycles. The van der Waals surface area contributed by atoms with Gasteiger partial charge in [-0.15, -0.1) is 0 Å². The van der Waals surface area contributed by atoms with Crippen molar-refractivity contribution in [3.8, 4) is 5.69 Å². The first-order valence-corrected chi connectivity index (χ1v) is 10.4. The van der Waals surface area contributed by atoms with Crippen LogP contribution in [0.15, 0.2) is 47.8 Å². The van der Waals surface area contributed by atoms with Gasteiger partial charge in [-0.2, -0.15) is 13.2 Å². The van der Waals surface area contributed by atoms with Crippen molar-refractivity contribution in [2.45, 2.75) is 26.2 Å². The third kappa shape index (κ3) is 3.39. The molecule has 0 N–H and O–H groups in total. The second-order valence-corrected chi connectivity index (χ2v) is 8.29. The predicted octanol–water partition coefficient (Wildman–Crippen LogP) is 3.65. The second-order valence-electron chi connectivity index (χ2n) is 8.29. The fourth-order valence-corrected chi connectivity index (χ4v) is 4.44. The Bertz CT molecular complexity index is 1510. The number of carbonyl (C=O) groups is 1. The fraction of sp³-hybridized carbons (Fsp3) is 0.261. The summed E-state index contributed by atoms with van der Waals surface area (Å²) in [4.78, 5) is 31.6. The Labute approximate surface area is 190 Å². The molecule has 4 heterocycles. The summed E-state index contributed by atoms with van der Waals surface area (Å²) >= 11 is 0. The van der Waals surface area contributed by atoms with Crippen LogP contribution in [0.25, 0.3) is 16.6 Å². The maximum Gasteiger partial charge on any atom is 0.419 e. The molecule has 3 aromatic heterocycles. The number of amides is 1. The smallest absolute Gasteiger partial charge is 0.350 e. The molecule has 0 saturated carbocycles. The Kier molecular flexibility index (Phi) is 4.88. The number of aryl methyl sites for hydroxylation is 2. The van der Waals surface area contributed by atoms with E-state index in [-0.39, 0.29) is 41.8 Å². The zero-order valence-corrected chi connectivity index (χ0v) is 18.2. The first kappa shape index (κ1) is 21.9. The van der Waals surface area contributed by atoms with Crippen LogP contribution in [-0.2, 0) is 26.3 Å². The van der Waals surface area contributed by atoms with Gasteiger partial charge in [0.05, 0.1) is 23.1 Å². The van der Waals surface area contributed by atoms with Crippen molar-refractivity contribution in [2.24, 2.45) is 7.05 Å². The molecular weight excluding hydrogens is 454 g/mol. The van der Waals surface area contributed by atoms with Crippen LogP contribution >= 0.6 is 0 Å². The van der Waals surface area contributed by atoms with Crippen molar-refractivity contribution in [3.05, 3.63) is 81.7 Å². The number of carbonyl (C=O) groups excluding carboxylic acids is 1. The number of hydrogen-bond acceptors (Lipinski definition) is 3. The quantitative estimate of drug-likeness (QED) is 0.427. The van der Waals surface area contributed by atoms with E-state index in [1.165, 1.54) is 44.8 Å². The summed E-state index contributed by atoms with van der Waals surface area (Å²) in [6.07, 6.45) is -0.101. The molecule has 11 heteroatoms. The standard InChI is InChI=1S/C23H19F4N5O2/c1-13-9-31(12-28-13)17-5-6-18-21(33)30(7-8-32(18)22(17)34)11-14-10-29(2)16-4-3-15(23(25,26)27)20(24)19(14)16/h3-6,9-10,12H,7-8,11H2,1-2H3. The van der Waals surface area contributed by atoms with Crippen molar-refractivity contribution < 1.29 is 22.4 Å². The lowest BCUT2D eigenvalue weighted by Crippen LogP contribution is -2.44. The molecule has 0 bridgehead atoms. The average Bonchev–Trinajstić information content (AvgIpc) is 3.33. The molecule has 1 aromatic carbocycles. The van der Waals surface area contributed by atoms with Crippen LogP contribution < -0.4 is 5.56 Å². The number of benzene rings is 1. The van der Waals surface area contributed by atoms with Crippen LogP contribution in [0.4, 0.5) is 17.6 Å². The van der Waals surface area contributed by atoms with E-state index in [2.05, 4.69) is 4.98 Å². The van der Waals surface area contributed by atoms with Crippen molar-refractivity contribution in [2.75, 3.05) is 6.54 Å². The maximum atomic E-state index is 14.9. The van der Waals surface area contributed by atoms with Gasteiger partial charge in [-0.3, -0.25) is 9.59 Å². The summed E-state index contributed by atoms with van der Waals surface area (Å²) in [5.41, 5.74) is 0.0958. The van der Waals surface area contributed by atoms with Crippen molar-refractivity contribution >= 4 is 16.8 Å². The van der Waals surface area contributed by atoms with Gasteiger partial charge in [-0.25, -0.2) is 9.37 Å². The Morgan fingerprint density at radius 1 is 1.06 bits per heavy atom. The highest BCUT2D eigenvalue weighted by Gasteiger charge is 2.36. The molecule has 0 unspecified atom stereocenters. The predicted molar refractivity (Wildman–Crippen MR) is 115 cm³/mol. The zero-order valence-electron chi connectivity index (χ0n) is 18.2. The number of fused-ring (bicyclic) bond motifs is 2. The fourth-order valence-electron chi connectivity index (χ4n) is 4.44. The molecule has 34 heavy (non-hydrogen) atoms. The first-order chi connectivity index (χ1) is 16.1. The van der Waals surface area contributed by atoms with Crippen molar-refractivity contribution in [1.82, 2.24) is 23.6 Å². The Balaban J connectivity index is 1.51. The summed E-state index contributed by atoms with van der Waals surface area (Å²) in [5, 5.41) is -0.168. The van der Waals surface area contributed by atoms with E-state index in [0.29, 0.717) is 11.2 Å². The normalized spacial score (nSPS) is 14.2. The van der Waals surface area contributed by atoms with E-state index in [9.17, 15) is 27.2 Å². The summed E-state index contributed by atoms with van der Waals surface area (Å²) < 4.78 is 59.1. The van der Waals surface area contributed by atoms with Gasteiger partial charge in [-0.05, 0) is 36.8 Å². The number of alkyl halides is 3. The molecule has 176 valence electrons. The number of rotatable bonds is 3. The average molecular weight is 473 g/mol. The second kappa shape index (κ2) is 7.57. The lowest BCUT2D eigenvalue weighted by atomic mass is 10.1. The SMILES string of the molecule is Cc1cn(-c2ccc3n(c2=O)CCN(Cc2cn(C)c4ccc(C(F)(F)F)c(F)c24)C3=O)cn1. The number of nitrogens with zero attached hydrogens (tertiary/aromatic N) is 5. The summed E-state index contributed by atoms with van der Waals surface area (Å²) in [5.74, 6) is -1.82. The minimum atomic E-state index is -4.84. The van der Waals surface area contributed by atoms with Crippen LogP contribution in [0.5, 0.6) is 0 Å². The van der Waals surface area contributed by atoms with Crippen LogP contribution in [0, 0.1) is 12.7 Å². The highest BCUT2D eigenvalue weighted by atomic mass is 19.4. The molecule has 7 nitrogen and oxygen atoms in total. The van der Waals surface area contributed by atoms with Crippen LogP contribution in [-0.4, -0.2) is 36.0 Å². The van der Waals surface area contributed by atoms with E-state index in [1.54, 1.807) is 24.7 Å². The van der Waals surface area contributed by atoms with Crippen molar-refractivity contribution in [1.29, 1.82) is 0 Å². The van der Waals surface area contributed by atoms with Crippen molar-refractivity contribution in [3.63, 3.8) is 0 Å².